The van der Waals surface area contributed by atoms with Crippen LogP contribution >= 0.6 is 0 Å². The smallest absolute Gasteiger partial charge is 0.00942 e. The van der Waals surface area contributed by atoms with Crippen LogP contribution in [0.25, 0.3) is 0 Å². The summed E-state index contributed by atoms with van der Waals surface area (Å²) >= 11 is 0. The van der Waals surface area contributed by atoms with Gasteiger partial charge in [-0.2, -0.15) is 0 Å². The van der Waals surface area contributed by atoms with Crippen LogP contribution in [0.15, 0.2) is 47.6 Å². The molecule has 0 N–H and O–H groups in total. The minimum Gasteiger partial charge on any atom is -0.0799 e. The van der Waals surface area contributed by atoms with Crippen LogP contribution in [0.2, 0.25) is 0 Å². The van der Waals surface area contributed by atoms with E-state index in [4.69, 9.17) is 0 Å². The molecule has 0 spiro atoms. The summed E-state index contributed by atoms with van der Waals surface area (Å²) in [5.41, 5.74) is 5.44. The average molecular weight is 200 g/mol. The molecule has 1 rings (SSSR count). The van der Waals surface area contributed by atoms with Crippen molar-refractivity contribution in [2.75, 3.05) is 0 Å². The van der Waals surface area contributed by atoms with Gasteiger partial charge in [0.15, 0.2) is 0 Å². The van der Waals surface area contributed by atoms with E-state index in [2.05, 4.69) is 64.1 Å². The summed E-state index contributed by atoms with van der Waals surface area (Å²) in [6.07, 6.45) is 5.45. The quantitative estimate of drug-likeness (QED) is 0.632. The molecule has 1 aromatic rings. The molecule has 1 aromatic carbocycles. The monoisotopic (exact) mass is 200 g/mol. The molecule has 0 nitrogen and oxygen atoms in total. The molecule has 0 fully saturated rings. The van der Waals surface area contributed by atoms with Crippen LogP contribution in [0.4, 0.5) is 0 Å². The van der Waals surface area contributed by atoms with Crippen LogP contribution in [0.5, 0.6) is 0 Å². The summed E-state index contributed by atoms with van der Waals surface area (Å²) in [5, 5.41) is 0. The molecule has 0 bridgehead atoms. The number of aryl methyl sites for hydroxylation is 1. The Morgan fingerprint density at radius 2 is 1.67 bits per heavy atom. The van der Waals surface area contributed by atoms with Crippen molar-refractivity contribution in [2.24, 2.45) is 0 Å². The molecule has 0 aliphatic carbocycles. The van der Waals surface area contributed by atoms with Gasteiger partial charge in [-0.05, 0) is 39.7 Å². The third kappa shape index (κ3) is 4.16. The molecule has 0 radical (unpaired) electrons. The zero-order valence-electron chi connectivity index (χ0n) is 10.2. The highest BCUT2D eigenvalue weighted by atomic mass is 14.0. The van der Waals surface area contributed by atoms with Crippen molar-refractivity contribution >= 4 is 0 Å². The lowest BCUT2D eigenvalue weighted by atomic mass is 10.1. The fraction of sp³-hybridized carbons (Fsp3) is 0.333. The Labute approximate surface area is 93.3 Å². The first-order valence-corrected chi connectivity index (χ1v) is 5.46. The van der Waals surface area contributed by atoms with E-state index in [0.717, 1.165) is 6.42 Å². The Kier molecular flexibility index (Phi) is 4.36. The maximum absolute atomic E-state index is 2.23. The van der Waals surface area contributed by atoms with Crippen LogP contribution in [0, 0.1) is 6.92 Å². The van der Waals surface area contributed by atoms with Gasteiger partial charge >= 0.3 is 0 Å². The summed E-state index contributed by atoms with van der Waals surface area (Å²) in [4.78, 5) is 0. The van der Waals surface area contributed by atoms with E-state index in [1.54, 1.807) is 0 Å². The highest BCUT2D eigenvalue weighted by Gasteiger charge is 1.89. The molecule has 0 saturated heterocycles. The van der Waals surface area contributed by atoms with Crippen molar-refractivity contribution in [1.29, 1.82) is 0 Å². The van der Waals surface area contributed by atoms with E-state index in [1.807, 2.05) is 0 Å². The second-order valence-corrected chi connectivity index (χ2v) is 4.28. The number of allylic oxidation sites excluding steroid dienone is 4. The minimum atomic E-state index is 1.02. The van der Waals surface area contributed by atoms with Gasteiger partial charge < -0.3 is 0 Å². The normalized spacial score (nSPS) is 10.7. The SMILES string of the molecule is CC(C)=C(C)/C=C/Cc1ccc(C)cc1. The van der Waals surface area contributed by atoms with Crippen LogP contribution in [0.1, 0.15) is 31.9 Å². The summed E-state index contributed by atoms with van der Waals surface area (Å²) < 4.78 is 0. The van der Waals surface area contributed by atoms with Crippen LogP contribution in [-0.2, 0) is 6.42 Å². The van der Waals surface area contributed by atoms with Gasteiger partial charge in [-0.1, -0.05) is 53.1 Å². The third-order valence-electron chi connectivity index (χ3n) is 2.63. The van der Waals surface area contributed by atoms with E-state index in [1.165, 1.54) is 22.3 Å². The van der Waals surface area contributed by atoms with Gasteiger partial charge in [0.2, 0.25) is 0 Å². The van der Waals surface area contributed by atoms with Crippen LogP contribution in [0.3, 0.4) is 0 Å². The predicted molar refractivity (Wildman–Crippen MR) is 68.1 cm³/mol. The molecule has 0 amide bonds. The van der Waals surface area contributed by atoms with Gasteiger partial charge in [-0.3, -0.25) is 0 Å². The average Bonchev–Trinajstić information content (AvgIpc) is 2.20. The van der Waals surface area contributed by atoms with Crippen molar-refractivity contribution in [3.8, 4) is 0 Å². The highest BCUT2D eigenvalue weighted by Crippen LogP contribution is 2.07. The maximum Gasteiger partial charge on any atom is -0.00942 e. The van der Waals surface area contributed by atoms with Crippen molar-refractivity contribution in [2.45, 2.75) is 34.1 Å². The van der Waals surface area contributed by atoms with E-state index < -0.39 is 0 Å². The molecule has 80 valence electrons. The molecule has 15 heavy (non-hydrogen) atoms. The van der Waals surface area contributed by atoms with E-state index in [9.17, 15) is 0 Å². The number of hydrogen-bond donors (Lipinski definition) is 0. The zero-order chi connectivity index (χ0) is 11.3. The highest BCUT2D eigenvalue weighted by molar-refractivity contribution is 5.26. The maximum atomic E-state index is 2.23. The van der Waals surface area contributed by atoms with Gasteiger partial charge in [-0.25, -0.2) is 0 Å². The summed E-state index contributed by atoms with van der Waals surface area (Å²) in [6.45, 7) is 8.56. The fourth-order valence-electron chi connectivity index (χ4n) is 1.26. The molecule has 0 heterocycles. The number of hydrogen-bond acceptors (Lipinski definition) is 0. The van der Waals surface area contributed by atoms with Crippen molar-refractivity contribution in [3.63, 3.8) is 0 Å². The topological polar surface area (TPSA) is 0 Å². The first-order valence-electron chi connectivity index (χ1n) is 5.46. The lowest BCUT2D eigenvalue weighted by Gasteiger charge is -1.98. The summed E-state index contributed by atoms with van der Waals surface area (Å²) in [6, 6.07) is 8.71. The molecular weight excluding hydrogens is 180 g/mol. The van der Waals surface area contributed by atoms with Crippen molar-refractivity contribution in [1.82, 2.24) is 0 Å². The van der Waals surface area contributed by atoms with Crippen LogP contribution in [-0.4, -0.2) is 0 Å². The molecule has 0 aliphatic rings. The van der Waals surface area contributed by atoms with Gasteiger partial charge in [0, 0.05) is 0 Å². The Morgan fingerprint density at radius 3 is 2.20 bits per heavy atom. The van der Waals surface area contributed by atoms with Gasteiger partial charge in [-0.15, -0.1) is 0 Å². The second-order valence-electron chi connectivity index (χ2n) is 4.28. The minimum absolute atomic E-state index is 1.02. The third-order valence-corrected chi connectivity index (χ3v) is 2.63. The Morgan fingerprint density at radius 1 is 1.07 bits per heavy atom. The lowest BCUT2D eigenvalue weighted by molar-refractivity contribution is 1.23. The van der Waals surface area contributed by atoms with Gasteiger partial charge in [0.05, 0.1) is 0 Å². The summed E-state index contributed by atoms with van der Waals surface area (Å²) in [5.74, 6) is 0. The molecule has 0 aromatic heterocycles. The molecule has 0 atom stereocenters. The Hall–Kier alpha value is -1.30. The van der Waals surface area contributed by atoms with Crippen molar-refractivity contribution < 1.29 is 0 Å². The van der Waals surface area contributed by atoms with E-state index in [-0.39, 0.29) is 0 Å². The number of rotatable bonds is 3. The second kappa shape index (κ2) is 5.55. The largest absolute Gasteiger partial charge is 0.0799 e. The molecule has 0 aliphatic heterocycles. The first-order chi connectivity index (χ1) is 7.09. The van der Waals surface area contributed by atoms with Crippen molar-refractivity contribution in [3.05, 3.63) is 58.7 Å². The predicted octanol–water partition coefficient (Wildman–Crippen LogP) is 4.45. The fourth-order valence-corrected chi connectivity index (χ4v) is 1.26. The molecular formula is C15H20. The lowest BCUT2D eigenvalue weighted by Crippen LogP contribution is -1.81. The Bertz CT molecular complexity index is 360. The van der Waals surface area contributed by atoms with Gasteiger partial charge in [0.1, 0.15) is 0 Å². The van der Waals surface area contributed by atoms with Gasteiger partial charge in [0.25, 0.3) is 0 Å². The standard InChI is InChI=1S/C15H20/c1-12(2)14(4)6-5-7-15-10-8-13(3)9-11-15/h5-6,8-11H,7H2,1-4H3/b6-5+. The summed E-state index contributed by atoms with van der Waals surface area (Å²) in [7, 11) is 0. The van der Waals surface area contributed by atoms with Crippen LogP contribution < -0.4 is 0 Å². The molecule has 0 heteroatoms. The Balaban J connectivity index is 2.58. The van der Waals surface area contributed by atoms with E-state index >= 15 is 0 Å². The first kappa shape index (κ1) is 11.8. The molecule has 0 unspecified atom stereocenters. The zero-order valence-corrected chi connectivity index (χ0v) is 10.2. The van der Waals surface area contributed by atoms with E-state index in [0.29, 0.717) is 0 Å². The number of benzene rings is 1. The molecule has 0 saturated carbocycles.